The topological polar surface area (TPSA) is 60.8 Å². The molecule has 6 heteroatoms. The highest BCUT2D eigenvalue weighted by Crippen LogP contribution is 2.43. The Morgan fingerprint density at radius 2 is 2.00 bits per heavy atom. The number of rotatable bonds is 3. The van der Waals surface area contributed by atoms with E-state index in [1.54, 1.807) is 6.92 Å². The molecule has 1 unspecified atom stereocenters. The first-order chi connectivity index (χ1) is 12.2. The van der Waals surface area contributed by atoms with Gasteiger partial charge in [-0.1, -0.05) is 0 Å². The van der Waals surface area contributed by atoms with Gasteiger partial charge in [0.15, 0.2) is 0 Å². The summed E-state index contributed by atoms with van der Waals surface area (Å²) >= 11 is 0. The molecule has 2 aliphatic rings. The molecule has 0 bridgehead atoms. The molecule has 142 valence electrons. The average molecular weight is 360 g/mol. The van der Waals surface area contributed by atoms with Crippen molar-refractivity contribution in [3.8, 4) is 0 Å². The zero-order chi connectivity index (χ0) is 19.1. The molecule has 0 radical (unpaired) electrons. The zero-order valence-corrected chi connectivity index (χ0v) is 16.2. The molecular weight excluding hydrogens is 332 g/mol. The first-order valence-corrected chi connectivity index (χ1v) is 9.25. The van der Waals surface area contributed by atoms with E-state index in [9.17, 15) is 9.59 Å². The third-order valence-corrected chi connectivity index (χ3v) is 4.98. The molecule has 1 aromatic rings. The van der Waals surface area contributed by atoms with Crippen molar-refractivity contribution in [3.05, 3.63) is 35.3 Å². The molecule has 0 amide bonds. The van der Waals surface area contributed by atoms with E-state index in [2.05, 4.69) is 21.7 Å². The fourth-order valence-corrected chi connectivity index (χ4v) is 3.94. The van der Waals surface area contributed by atoms with Crippen molar-refractivity contribution in [2.75, 3.05) is 13.2 Å². The molecule has 0 saturated carbocycles. The van der Waals surface area contributed by atoms with Gasteiger partial charge in [0.1, 0.15) is 5.60 Å². The van der Waals surface area contributed by atoms with Gasteiger partial charge in [0, 0.05) is 30.7 Å². The summed E-state index contributed by atoms with van der Waals surface area (Å²) in [5.74, 6) is -1.38. The van der Waals surface area contributed by atoms with E-state index >= 15 is 0 Å². The highest BCUT2D eigenvalue weighted by molar-refractivity contribution is 5.96. The number of fused-ring (bicyclic) bond motifs is 3. The van der Waals surface area contributed by atoms with Crippen molar-refractivity contribution in [3.63, 3.8) is 0 Å². The fourth-order valence-electron chi connectivity index (χ4n) is 3.94. The predicted octanol–water partition coefficient (Wildman–Crippen LogP) is 3.04. The number of hydrogen-bond donors (Lipinski definition) is 0. The largest absolute Gasteiger partial charge is 0.466 e. The lowest BCUT2D eigenvalue weighted by atomic mass is 9.83. The van der Waals surface area contributed by atoms with Gasteiger partial charge < -0.3 is 18.9 Å². The Morgan fingerprint density at radius 1 is 1.27 bits per heavy atom. The van der Waals surface area contributed by atoms with Gasteiger partial charge in [0.2, 0.25) is 0 Å². The van der Waals surface area contributed by atoms with Crippen molar-refractivity contribution < 1.29 is 19.1 Å². The van der Waals surface area contributed by atoms with Crippen molar-refractivity contribution in [2.45, 2.75) is 59.2 Å². The third-order valence-electron chi connectivity index (χ3n) is 4.98. The molecule has 0 N–H and O–H groups in total. The summed E-state index contributed by atoms with van der Waals surface area (Å²) in [6.07, 6.45) is 2.59. The monoisotopic (exact) mass is 360 g/mol. The molecule has 26 heavy (non-hydrogen) atoms. The van der Waals surface area contributed by atoms with Gasteiger partial charge in [-0.25, -0.2) is 4.79 Å². The summed E-state index contributed by atoms with van der Waals surface area (Å²) in [4.78, 5) is 27.8. The van der Waals surface area contributed by atoms with Crippen LogP contribution in [0.3, 0.4) is 0 Å². The van der Waals surface area contributed by atoms with Gasteiger partial charge in [0.05, 0.1) is 24.1 Å². The molecule has 6 nitrogen and oxygen atoms in total. The maximum atomic E-state index is 12.9. The Morgan fingerprint density at radius 3 is 2.65 bits per heavy atom. The molecule has 1 aromatic heterocycles. The van der Waals surface area contributed by atoms with Crippen molar-refractivity contribution >= 4 is 11.9 Å². The van der Waals surface area contributed by atoms with Gasteiger partial charge >= 0.3 is 11.9 Å². The minimum Gasteiger partial charge on any atom is -0.466 e. The van der Waals surface area contributed by atoms with E-state index < -0.39 is 17.5 Å². The summed E-state index contributed by atoms with van der Waals surface area (Å²) < 4.78 is 13.1. The standard InChI is InChI=1S/C20H28N2O4/c1-6-25-18(23)14-12-16-15-8-7-9-21(15)10-11-22(16)13(2)17(14)19(24)26-20(3,4)5/h7-9,14,16H,6,10-12H2,1-5H3/t14-,16?/m1/s1. The average Bonchev–Trinajstić information content (AvgIpc) is 3.01. The van der Waals surface area contributed by atoms with E-state index in [1.807, 2.05) is 33.8 Å². The lowest BCUT2D eigenvalue weighted by molar-refractivity contribution is -0.156. The van der Waals surface area contributed by atoms with Crippen LogP contribution in [0.1, 0.15) is 52.8 Å². The number of aromatic nitrogens is 1. The summed E-state index contributed by atoms with van der Waals surface area (Å²) in [5, 5.41) is 0. The van der Waals surface area contributed by atoms with E-state index in [0.29, 0.717) is 18.6 Å². The lowest BCUT2D eigenvalue weighted by Gasteiger charge is -2.45. The summed E-state index contributed by atoms with van der Waals surface area (Å²) in [6, 6.07) is 4.19. The van der Waals surface area contributed by atoms with Crippen LogP contribution in [-0.4, -0.2) is 40.2 Å². The molecule has 2 atom stereocenters. The van der Waals surface area contributed by atoms with Gasteiger partial charge in [-0.3, -0.25) is 4.79 Å². The normalized spacial score (nSPS) is 22.6. The van der Waals surface area contributed by atoms with Crippen molar-refractivity contribution in [1.29, 1.82) is 0 Å². The molecule has 0 fully saturated rings. The number of esters is 2. The van der Waals surface area contributed by atoms with E-state index in [1.165, 1.54) is 5.69 Å². The minimum atomic E-state index is -0.614. The predicted molar refractivity (Wildman–Crippen MR) is 97.2 cm³/mol. The van der Waals surface area contributed by atoms with Gasteiger partial charge in [-0.2, -0.15) is 0 Å². The fraction of sp³-hybridized carbons (Fsp3) is 0.600. The first-order valence-electron chi connectivity index (χ1n) is 9.25. The SMILES string of the molecule is CCOC(=O)[C@@H]1CC2c3cccn3CCN2C(C)=C1C(=O)OC(C)(C)C. The van der Waals surface area contributed by atoms with Crippen molar-refractivity contribution in [1.82, 2.24) is 9.47 Å². The second-order valence-corrected chi connectivity index (χ2v) is 7.88. The van der Waals surface area contributed by atoms with E-state index in [-0.39, 0.29) is 12.0 Å². The summed E-state index contributed by atoms with van der Waals surface area (Å²) in [5.41, 5.74) is 1.82. The molecule has 0 saturated heterocycles. The Labute approximate surface area is 154 Å². The van der Waals surface area contributed by atoms with Gasteiger partial charge in [-0.05, 0) is 53.2 Å². The Kier molecular flexibility index (Phi) is 4.86. The van der Waals surface area contributed by atoms with Crippen LogP contribution in [0.2, 0.25) is 0 Å². The van der Waals surface area contributed by atoms with Gasteiger partial charge in [0.25, 0.3) is 0 Å². The number of nitrogens with zero attached hydrogens (tertiary/aromatic N) is 2. The summed E-state index contributed by atoms with van der Waals surface area (Å²) in [6.45, 7) is 11.2. The number of ether oxygens (including phenoxy) is 2. The van der Waals surface area contributed by atoms with Crippen LogP contribution < -0.4 is 0 Å². The van der Waals surface area contributed by atoms with Crippen LogP contribution in [0.15, 0.2) is 29.6 Å². The first kappa shape index (κ1) is 18.5. The number of carbonyl (C=O) groups excluding carboxylic acids is 2. The number of hydrogen-bond acceptors (Lipinski definition) is 5. The maximum absolute atomic E-state index is 12.9. The number of allylic oxidation sites excluding steroid dienone is 1. The van der Waals surface area contributed by atoms with E-state index in [0.717, 1.165) is 18.8 Å². The Hall–Kier alpha value is -2.24. The molecule has 0 aromatic carbocycles. The van der Waals surface area contributed by atoms with Crippen LogP contribution in [0.4, 0.5) is 0 Å². The van der Waals surface area contributed by atoms with Crippen LogP contribution in [0.25, 0.3) is 0 Å². The smallest absolute Gasteiger partial charge is 0.337 e. The molecule has 3 rings (SSSR count). The number of carbonyl (C=O) groups is 2. The van der Waals surface area contributed by atoms with Crippen LogP contribution in [-0.2, 0) is 25.6 Å². The minimum absolute atomic E-state index is 0.0688. The molecule has 0 spiro atoms. The third kappa shape index (κ3) is 3.37. The lowest BCUT2D eigenvalue weighted by Crippen LogP contribution is -2.45. The highest BCUT2D eigenvalue weighted by atomic mass is 16.6. The quantitative estimate of drug-likeness (QED) is 0.776. The van der Waals surface area contributed by atoms with Gasteiger partial charge in [-0.15, -0.1) is 0 Å². The second kappa shape index (κ2) is 6.82. The van der Waals surface area contributed by atoms with Crippen LogP contribution in [0.5, 0.6) is 0 Å². The van der Waals surface area contributed by atoms with Crippen molar-refractivity contribution in [2.24, 2.45) is 5.92 Å². The molecular formula is C20H28N2O4. The molecule has 0 aliphatic carbocycles. The molecule has 2 aliphatic heterocycles. The highest BCUT2D eigenvalue weighted by Gasteiger charge is 2.44. The Balaban J connectivity index is 2.02. The van der Waals surface area contributed by atoms with E-state index in [4.69, 9.17) is 9.47 Å². The van der Waals surface area contributed by atoms with Crippen LogP contribution >= 0.6 is 0 Å². The van der Waals surface area contributed by atoms with Crippen LogP contribution in [0, 0.1) is 5.92 Å². The maximum Gasteiger partial charge on any atom is 0.337 e. The molecule has 3 heterocycles. The Bertz CT molecular complexity index is 741. The second-order valence-electron chi connectivity index (χ2n) is 7.88. The zero-order valence-electron chi connectivity index (χ0n) is 16.2. The summed E-state index contributed by atoms with van der Waals surface area (Å²) in [7, 11) is 0.